The molecule has 2 N–H and O–H groups in total. The average Bonchev–Trinajstić information content (AvgIpc) is 2.59. The summed E-state index contributed by atoms with van der Waals surface area (Å²) >= 11 is 5.81. The van der Waals surface area contributed by atoms with Crippen LogP contribution in [0.15, 0.2) is 24.3 Å². The third-order valence-electron chi connectivity index (χ3n) is 4.18. The molecule has 7 nitrogen and oxygen atoms in total. The van der Waals surface area contributed by atoms with E-state index < -0.39 is 10.0 Å². The minimum atomic E-state index is -3.22. The molecule has 1 aliphatic heterocycles. The summed E-state index contributed by atoms with van der Waals surface area (Å²) in [6.07, 6.45) is 4.09. The molecule has 146 valence electrons. The molecule has 1 heterocycles. The monoisotopic (exact) mass is 403 g/mol. The summed E-state index contributed by atoms with van der Waals surface area (Å²) in [6, 6.07) is 7.09. The molecular weight excluding hydrogens is 378 g/mol. The average molecular weight is 404 g/mol. The minimum absolute atomic E-state index is 0.0505. The highest BCUT2D eigenvalue weighted by atomic mass is 35.5. The van der Waals surface area contributed by atoms with Crippen LogP contribution in [-0.2, 0) is 14.8 Å². The minimum Gasteiger partial charge on any atom is -0.492 e. The molecule has 0 unspecified atom stereocenters. The van der Waals surface area contributed by atoms with Crippen LogP contribution >= 0.6 is 11.6 Å². The van der Waals surface area contributed by atoms with Crippen molar-refractivity contribution in [1.29, 1.82) is 0 Å². The summed E-state index contributed by atoms with van der Waals surface area (Å²) in [6.45, 7) is 2.17. The number of benzene rings is 1. The van der Waals surface area contributed by atoms with Crippen molar-refractivity contribution in [1.82, 2.24) is 14.9 Å². The first-order valence-corrected chi connectivity index (χ1v) is 10.9. The fourth-order valence-electron chi connectivity index (χ4n) is 2.88. The smallest absolute Gasteiger partial charge is 0.234 e. The number of likely N-dealkylation sites (tertiary alicyclic amines) is 1. The van der Waals surface area contributed by atoms with Crippen molar-refractivity contribution < 1.29 is 17.9 Å². The zero-order valence-corrected chi connectivity index (χ0v) is 16.5. The van der Waals surface area contributed by atoms with Crippen LogP contribution < -0.4 is 14.8 Å². The van der Waals surface area contributed by atoms with Crippen LogP contribution in [0.3, 0.4) is 0 Å². The summed E-state index contributed by atoms with van der Waals surface area (Å²) in [4.78, 5) is 14.2. The maximum atomic E-state index is 12.1. The molecule has 26 heavy (non-hydrogen) atoms. The van der Waals surface area contributed by atoms with Gasteiger partial charge in [-0.1, -0.05) is 18.0 Å². The van der Waals surface area contributed by atoms with Gasteiger partial charge >= 0.3 is 0 Å². The first-order chi connectivity index (χ1) is 12.3. The number of halogens is 1. The van der Waals surface area contributed by atoms with Gasteiger partial charge in [-0.15, -0.1) is 0 Å². The zero-order valence-electron chi connectivity index (χ0n) is 14.9. The van der Waals surface area contributed by atoms with Gasteiger partial charge in [-0.05, 0) is 43.7 Å². The Balaban J connectivity index is 1.70. The van der Waals surface area contributed by atoms with Crippen molar-refractivity contribution in [3.05, 3.63) is 29.3 Å². The van der Waals surface area contributed by atoms with Crippen LogP contribution in [0.5, 0.6) is 5.75 Å². The highest BCUT2D eigenvalue weighted by Gasteiger charge is 2.24. The van der Waals surface area contributed by atoms with E-state index in [0.29, 0.717) is 30.5 Å². The summed E-state index contributed by atoms with van der Waals surface area (Å²) in [5.41, 5.74) is 0. The highest BCUT2D eigenvalue weighted by molar-refractivity contribution is 7.88. The van der Waals surface area contributed by atoms with Crippen LogP contribution in [0.1, 0.15) is 19.3 Å². The molecule has 1 fully saturated rings. The SMILES string of the molecule is CS(=O)(=O)NC[C@@H]1CCCCN1CC(=O)NCCOc1ccc(Cl)cc1. The van der Waals surface area contributed by atoms with Crippen molar-refractivity contribution in [2.45, 2.75) is 25.3 Å². The molecule has 1 amide bonds. The summed E-state index contributed by atoms with van der Waals surface area (Å²) in [5.74, 6) is 0.613. The van der Waals surface area contributed by atoms with E-state index in [0.717, 1.165) is 32.1 Å². The van der Waals surface area contributed by atoms with Crippen molar-refractivity contribution in [2.75, 3.05) is 39.0 Å². The van der Waals surface area contributed by atoms with Crippen LogP contribution in [0.2, 0.25) is 5.02 Å². The van der Waals surface area contributed by atoms with Crippen LogP contribution in [0.25, 0.3) is 0 Å². The molecule has 1 aromatic rings. The van der Waals surface area contributed by atoms with E-state index >= 15 is 0 Å². The molecule has 1 atom stereocenters. The van der Waals surface area contributed by atoms with Gasteiger partial charge in [0, 0.05) is 17.6 Å². The number of rotatable bonds is 9. The number of hydrogen-bond donors (Lipinski definition) is 2. The highest BCUT2D eigenvalue weighted by Crippen LogP contribution is 2.16. The second kappa shape index (κ2) is 10.1. The molecule has 0 saturated carbocycles. The van der Waals surface area contributed by atoms with E-state index in [2.05, 4.69) is 10.0 Å². The van der Waals surface area contributed by atoms with Crippen LogP contribution in [-0.4, -0.2) is 64.3 Å². The number of ether oxygens (including phenoxy) is 1. The second-order valence-electron chi connectivity index (χ2n) is 6.39. The summed E-state index contributed by atoms with van der Waals surface area (Å²) < 4.78 is 30.6. The molecule has 0 spiro atoms. The molecule has 0 aromatic heterocycles. The third kappa shape index (κ3) is 7.90. The molecule has 1 aromatic carbocycles. The van der Waals surface area contributed by atoms with E-state index in [4.69, 9.17) is 16.3 Å². The molecule has 0 bridgehead atoms. The first-order valence-electron chi connectivity index (χ1n) is 8.67. The van der Waals surface area contributed by atoms with Gasteiger partial charge in [-0.25, -0.2) is 13.1 Å². The van der Waals surface area contributed by atoms with E-state index in [1.54, 1.807) is 24.3 Å². The van der Waals surface area contributed by atoms with E-state index in [9.17, 15) is 13.2 Å². The van der Waals surface area contributed by atoms with Gasteiger partial charge in [-0.2, -0.15) is 0 Å². The van der Waals surface area contributed by atoms with Crippen LogP contribution in [0.4, 0.5) is 0 Å². The predicted octanol–water partition coefficient (Wildman–Crippen LogP) is 1.24. The Bertz CT molecular complexity index is 682. The Kier molecular flexibility index (Phi) is 8.15. The number of carbonyl (C=O) groups is 1. The fraction of sp³-hybridized carbons (Fsp3) is 0.588. The predicted molar refractivity (Wildman–Crippen MR) is 102 cm³/mol. The molecule has 1 aliphatic rings. The molecule has 1 saturated heterocycles. The Morgan fingerprint density at radius 2 is 2.04 bits per heavy atom. The topological polar surface area (TPSA) is 87.7 Å². The fourth-order valence-corrected chi connectivity index (χ4v) is 3.50. The number of hydrogen-bond acceptors (Lipinski definition) is 5. The molecule has 0 aliphatic carbocycles. The maximum absolute atomic E-state index is 12.1. The largest absolute Gasteiger partial charge is 0.492 e. The first kappa shape index (κ1) is 21.0. The lowest BCUT2D eigenvalue weighted by Gasteiger charge is -2.35. The number of sulfonamides is 1. The Labute approximate surface area is 160 Å². The zero-order chi connectivity index (χ0) is 19.0. The van der Waals surface area contributed by atoms with Gasteiger partial charge in [0.2, 0.25) is 15.9 Å². The third-order valence-corrected chi connectivity index (χ3v) is 5.13. The van der Waals surface area contributed by atoms with E-state index in [1.807, 2.05) is 4.90 Å². The van der Waals surface area contributed by atoms with Gasteiger partial charge in [0.15, 0.2) is 0 Å². The van der Waals surface area contributed by atoms with Gasteiger partial charge in [0.25, 0.3) is 0 Å². The Morgan fingerprint density at radius 1 is 1.31 bits per heavy atom. The Morgan fingerprint density at radius 3 is 2.73 bits per heavy atom. The van der Waals surface area contributed by atoms with Gasteiger partial charge in [0.1, 0.15) is 12.4 Å². The quantitative estimate of drug-likeness (QED) is 0.606. The number of amides is 1. The van der Waals surface area contributed by atoms with Crippen LogP contribution in [0, 0.1) is 0 Å². The lowest BCUT2D eigenvalue weighted by Crippen LogP contribution is -2.50. The summed E-state index contributed by atoms with van der Waals surface area (Å²) in [5, 5.41) is 3.48. The number of piperidine rings is 1. The second-order valence-corrected chi connectivity index (χ2v) is 8.66. The number of nitrogens with zero attached hydrogens (tertiary/aromatic N) is 1. The lowest BCUT2D eigenvalue weighted by atomic mass is 10.0. The normalized spacial score (nSPS) is 18.5. The summed E-state index contributed by atoms with van der Waals surface area (Å²) in [7, 11) is -3.22. The van der Waals surface area contributed by atoms with Gasteiger partial charge in [-0.3, -0.25) is 9.69 Å². The van der Waals surface area contributed by atoms with Gasteiger partial charge < -0.3 is 10.1 Å². The molecule has 0 radical (unpaired) electrons. The molecular formula is C17H26ClN3O4S. The lowest BCUT2D eigenvalue weighted by molar-refractivity contribution is -0.123. The van der Waals surface area contributed by atoms with Crippen molar-refractivity contribution >= 4 is 27.5 Å². The van der Waals surface area contributed by atoms with E-state index in [1.165, 1.54) is 0 Å². The molecule has 9 heteroatoms. The standard InChI is InChI=1S/C17H26ClN3O4S/c1-26(23,24)20-12-15-4-2-3-10-21(15)13-17(22)19-9-11-25-16-7-5-14(18)6-8-16/h5-8,15,20H,2-4,9-13H2,1H3,(H,19,22)/t15-/m0/s1. The van der Waals surface area contributed by atoms with Crippen molar-refractivity contribution in [2.24, 2.45) is 0 Å². The van der Waals surface area contributed by atoms with E-state index in [-0.39, 0.29) is 18.5 Å². The maximum Gasteiger partial charge on any atom is 0.234 e. The van der Waals surface area contributed by atoms with Gasteiger partial charge in [0.05, 0.1) is 19.3 Å². The van der Waals surface area contributed by atoms with Crippen molar-refractivity contribution in [3.63, 3.8) is 0 Å². The molecule has 2 rings (SSSR count). The Hall–Kier alpha value is -1.35. The number of carbonyl (C=O) groups excluding carboxylic acids is 1. The van der Waals surface area contributed by atoms with Crippen molar-refractivity contribution in [3.8, 4) is 5.75 Å². The number of nitrogens with one attached hydrogen (secondary N) is 2.